The maximum Gasteiger partial charge on any atom is 0.336 e. The monoisotopic (exact) mass is 339 g/mol. The third-order valence-electron chi connectivity index (χ3n) is 3.61. The molecule has 0 saturated carbocycles. The van der Waals surface area contributed by atoms with Crippen molar-refractivity contribution in [2.45, 2.75) is 13.0 Å². The third-order valence-corrected chi connectivity index (χ3v) is 3.61. The molecule has 6 heteroatoms. The van der Waals surface area contributed by atoms with Gasteiger partial charge in [0.05, 0.1) is 7.11 Å². The van der Waals surface area contributed by atoms with E-state index in [0.29, 0.717) is 22.8 Å². The summed E-state index contributed by atoms with van der Waals surface area (Å²) in [6.45, 7) is 1.64. The average Bonchev–Trinajstić information content (AvgIpc) is 2.61. The van der Waals surface area contributed by atoms with Crippen LogP contribution in [0.1, 0.15) is 6.92 Å². The minimum atomic E-state index is -0.737. The highest BCUT2D eigenvalue weighted by Crippen LogP contribution is 2.21. The van der Waals surface area contributed by atoms with Gasteiger partial charge >= 0.3 is 5.63 Å². The normalized spacial score (nSPS) is 11.8. The molecule has 0 saturated heterocycles. The first kappa shape index (κ1) is 16.6. The van der Waals surface area contributed by atoms with Gasteiger partial charge in [-0.05, 0) is 37.3 Å². The van der Waals surface area contributed by atoms with E-state index in [1.165, 1.54) is 6.07 Å². The van der Waals surface area contributed by atoms with Gasteiger partial charge in [0.25, 0.3) is 5.91 Å². The lowest BCUT2D eigenvalue weighted by Crippen LogP contribution is -2.30. The molecule has 0 aliphatic rings. The average molecular weight is 339 g/mol. The number of methoxy groups -OCH3 is 1. The third kappa shape index (κ3) is 3.98. The number of fused-ring (bicyclic) bond motifs is 1. The molecule has 3 rings (SSSR count). The second kappa shape index (κ2) is 7.09. The largest absolute Gasteiger partial charge is 0.497 e. The summed E-state index contributed by atoms with van der Waals surface area (Å²) in [5.41, 5.74) is 0.586. The van der Waals surface area contributed by atoms with Crippen molar-refractivity contribution in [1.82, 2.24) is 0 Å². The fraction of sp³-hybridized carbons (Fsp3) is 0.158. The van der Waals surface area contributed by atoms with Crippen molar-refractivity contribution in [2.24, 2.45) is 0 Å². The lowest BCUT2D eigenvalue weighted by atomic mass is 10.2. The van der Waals surface area contributed by atoms with E-state index < -0.39 is 11.7 Å². The van der Waals surface area contributed by atoms with Gasteiger partial charge in [0, 0.05) is 29.3 Å². The van der Waals surface area contributed by atoms with Crippen LogP contribution in [-0.4, -0.2) is 19.1 Å². The van der Waals surface area contributed by atoms with Crippen LogP contribution in [0.5, 0.6) is 11.5 Å². The second-order valence-electron chi connectivity index (χ2n) is 5.44. The predicted octanol–water partition coefficient (Wildman–Crippen LogP) is 3.21. The molecule has 1 atom stereocenters. The lowest BCUT2D eigenvalue weighted by molar-refractivity contribution is -0.122. The van der Waals surface area contributed by atoms with Crippen molar-refractivity contribution in [3.8, 4) is 11.5 Å². The van der Waals surface area contributed by atoms with Gasteiger partial charge in [0.2, 0.25) is 0 Å². The molecule has 3 aromatic rings. The number of benzene rings is 2. The molecule has 128 valence electrons. The maximum absolute atomic E-state index is 12.3. The summed E-state index contributed by atoms with van der Waals surface area (Å²) in [6, 6.07) is 15.2. The molecule has 0 radical (unpaired) electrons. The van der Waals surface area contributed by atoms with Crippen molar-refractivity contribution in [3.05, 3.63) is 65.0 Å². The Labute approximate surface area is 144 Å². The lowest BCUT2D eigenvalue weighted by Gasteiger charge is -2.15. The van der Waals surface area contributed by atoms with Gasteiger partial charge in [-0.1, -0.05) is 6.07 Å². The highest BCUT2D eigenvalue weighted by molar-refractivity contribution is 5.94. The summed E-state index contributed by atoms with van der Waals surface area (Å²) in [5, 5.41) is 3.54. The van der Waals surface area contributed by atoms with Gasteiger partial charge in [-0.25, -0.2) is 4.79 Å². The number of amides is 1. The van der Waals surface area contributed by atoms with Crippen LogP contribution < -0.4 is 20.4 Å². The Morgan fingerprint density at radius 2 is 1.88 bits per heavy atom. The van der Waals surface area contributed by atoms with Crippen LogP contribution in [0.2, 0.25) is 0 Å². The molecular formula is C19H17NO5. The molecule has 1 amide bonds. The fourth-order valence-corrected chi connectivity index (χ4v) is 2.32. The Morgan fingerprint density at radius 1 is 1.08 bits per heavy atom. The number of nitrogens with one attached hydrogen (secondary N) is 1. The van der Waals surface area contributed by atoms with Crippen molar-refractivity contribution < 1.29 is 18.7 Å². The topological polar surface area (TPSA) is 77.8 Å². The number of carbonyl (C=O) groups is 1. The number of ether oxygens (including phenoxy) is 2. The van der Waals surface area contributed by atoms with E-state index in [1.54, 1.807) is 62.6 Å². The Morgan fingerprint density at radius 3 is 2.68 bits per heavy atom. The number of anilines is 1. The molecule has 0 aliphatic heterocycles. The Kier molecular flexibility index (Phi) is 4.70. The molecule has 1 N–H and O–H groups in total. The van der Waals surface area contributed by atoms with Crippen LogP contribution >= 0.6 is 0 Å². The van der Waals surface area contributed by atoms with E-state index in [2.05, 4.69) is 5.32 Å². The van der Waals surface area contributed by atoms with Crippen LogP contribution in [0, 0.1) is 0 Å². The smallest absolute Gasteiger partial charge is 0.336 e. The molecule has 0 aliphatic carbocycles. The van der Waals surface area contributed by atoms with Crippen LogP contribution in [0.3, 0.4) is 0 Å². The Balaban J connectivity index is 1.71. The summed E-state index contributed by atoms with van der Waals surface area (Å²) in [4.78, 5) is 23.6. The molecule has 2 aromatic carbocycles. The molecular weight excluding hydrogens is 322 g/mol. The van der Waals surface area contributed by atoms with E-state index in [0.717, 1.165) is 5.39 Å². The van der Waals surface area contributed by atoms with Crippen molar-refractivity contribution in [3.63, 3.8) is 0 Å². The number of rotatable bonds is 5. The summed E-state index contributed by atoms with van der Waals surface area (Å²) in [7, 11) is 1.56. The minimum absolute atomic E-state index is 0.303. The number of hydrogen-bond donors (Lipinski definition) is 1. The fourth-order valence-electron chi connectivity index (χ4n) is 2.32. The highest BCUT2D eigenvalue weighted by atomic mass is 16.5. The maximum atomic E-state index is 12.3. The van der Waals surface area contributed by atoms with Crippen LogP contribution in [0.4, 0.5) is 5.69 Å². The van der Waals surface area contributed by atoms with Gasteiger partial charge in [-0.2, -0.15) is 0 Å². The quantitative estimate of drug-likeness (QED) is 0.722. The Hall–Kier alpha value is -3.28. The first-order valence-corrected chi connectivity index (χ1v) is 7.70. The molecule has 25 heavy (non-hydrogen) atoms. The van der Waals surface area contributed by atoms with E-state index in [-0.39, 0.29) is 5.91 Å². The van der Waals surface area contributed by atoms with Crippen LogP contribution in [-0.2, 0) is 4.79 Å². The number of hydrogen-bond acceptors (Lipinski definition) is 5. The summed E-state index contributed by atoms with van der Waals surface area (Å²) >= 11 is 0. The molecule has 1 aromatic heterocycles. The van der Waals surface area contributed by atoms with Gasteiger partial charge in [-0.3, -0.25) is 4.79 Å². The van der Waals surface area contributed by atoms with Gasteiger partial charge in [0.1, 0.15) is 17.1 Å². The molecule has 1 heterocycles. The van der Waals surface area contributed by atoms with E-state index in [4.69, 9.17) is 13.9 Å². The van der Waals surface area contributed by atoms with E-state index in [9.17, 15) is 9.59 Å². The van der Waals surface area contributed by atoms with Gasteiger partial charge in [0.15, 0.2) is 6.10 Å². The van der Waals surface area contributed by atoms with Gasteiger partial charge in [-0.15, -0.1) is 0 Å². The van der Waals surface area contributed by atoms with Crippen molar-refractivity contribution >= 4 is 22.6 Å². The van der Waals surface area contributed by atoms with Crippen molar-refractivity contribution in [2.75, 3.05) is 12.4 Å². The van der Waals surface area contributed by atoms with E-state index in [1.807, 2.05) is 0 Å². The van der Waals surface area contributed by atoms with E-state index >= 15 is 0 Å². The Bertz CT molecular complexity index is 963. The highest BCUT2D eigenvalue weighted by Gasteiger charge is 2.15. The summed E-state index contributed by atoms with van der Waals surface area (Å²) in [6.07, 6.45) is -0.737. The zero-order chi connectivity index (χ0) is 17.8. The molecule has 0 bridgehead atoms. The first-order chi connectivity index (χ1) is 12.0. The zero-order valence-electron chi connectivity index (χ0n) is 13.8. The number of carbonyl (C=O) groups excluding carboxylic acids is 1. The standard InChI is InChI=1S/C19H17NO5/c1-12(19(22)20-14-4-3-5-15(10-14)23-2)24-16-8-6-13-7-9-18(21)25-17(13)11-16/h3-12H,1-2H3,(H,20,22). The SMILES string of the molecule is COc1cccc(NC(=O)C(C)Oc2ccc3ccc(=O)oc3c2)c1. The van der Waals surface area contributed by atoms with Gasteiger partial charge < -0.3 is 19.2 Å². The summed E-state index contributed by atoms with van der Waals surface area (Å²) < 4.78 is 15.9. The molecule has 0 fully saturated rings. The molecule has 1 unspecified atom stereocenters. The van der Waals surface area contributed by atoms with Crippen LogP contribution in [0.25, 0.3) is 11.0 Å². The molecule has 0 spiro atoms. The minimum Gasteiger partial charge on any atom is -0.497 e. The zero-order valence-corrected chi connectivity index (χ0v) is 13.8. The summed E-state index contributed by atoms with van der Waals surface area (Å²) in [5.74, 6) is 0.786. The van der Waals surface area contributed by atoms with Crippen molar-refractivity contribution in [1.29, 1.82) is 0 Å². The predicted molar refractivity (Wildman–Crippen MR) is 94.2 cm³/mol. The molecule has 6 nitrogen and oxygen atoms in total. The second-order valence-corrected chi connectivity index (χ2v) is 5.44. The van der Waals surface area contributed by atoms with Crippen LogP contribution in [0.15, 0.2) is 63.8 Å². The first-order valence-electron chi connectivity index (χ1n) is 7.70.